The highest BCUT2D eigenvalue weighted by molar-refractivity contribution is 5.92. The summed E-state index contributed by atoms with van der Waals surface area (Å²) in [6, 6.07) is 23.4. The third-order valence-electron chi connectivity index (χ3n) is 5.03. The van der Waals surface area contributed by atoms with Crippen LogP contribution in [0.3, 0.4) is 0 Å². The number of benzene rings is 3. The van der Waals surface area contributed by atoms with Crippen LogP contribution in [-0.4, -0.2) is 27.2 Å². The van der Waals surface area contributed by atoms with Crippen LogP contribution in [0.25, 0.3) is 11.3 Å². The topological polar surface area (TPSA) is 84.2 Å². The molecule has 4 rings (SSSR count). The number of rotatable bonds is 6. The third kappa shape index (κ3) is 5.26. The Balaban J connectivity index is 1.34. The fourth-order valence-electron chi connectivity index (χ4n) is 3.34. The monoisotopic (exact) mass is 424 g/mol. The second-order valence-electron chi connectivity index (χ2n) is 7.50. The quantitative estimate of drug-likeness (QED) is 0.346. The molecule has 3 aromatic carbocycles. The Bertz CT molecular complexity index is 1210. The zero-order valence-electron chi connectivity index (χ0n) is 18.0. The number of urea groups is 1. The van der Waals surface area contributed by atoms with E-state index in [0.717, 1.165) is 33.6 Å². The van der Waals surface area contributed by atoms with Gasteiger partial charge in [0.15, 0.2) is 0 Å². The minimum Gasteiger partial charge on any atom is -0.306 e. The molecule has 0 radical (unpaired) electrons. The Morgan fingerprint density at radius 2 is 1.69 bits per heavy atom. The standard InChI is InChI=1S/C25H24N6O/c1-18-7-6-8-19(2)24(18)27-25(32)29-26-15-20-11-13-22(14-12-20)23-17-31(30-28-23)16-21-9-4-3-5-10-21/h3-15,17H,16H2,1-2H3,(H2,27,29,32)/b26-15+. The SMILES string of the molecule is Cc1cccc(C)c1NC(=O)N/N=C/c1ccc(-c2cn(Cc3ccccc3)nn2)cc1. The molecule has 0 aliphatic heterocycles. The lowest BCUT2D eigenvalue weighted by Gasteiger charge is -2.10. The predicted molar refractivity (Wildman–Crippen MR) is 127 cm³/mol. The Hall–Kier alpha value is -4.26. The lowest BCUT2D eigenvalue weighted by Crippen LogP contribution is -2.25. The van der Waals surface area contributed by atoms with Crippen molar-refractivity contribution in [2.45, 2.75) is 20.4 Å². The summed E-state index contributed by atoms with van der Waals surface area (Å²) >= 11 is 0. The van der Waals surface area contributed by atoms with Gasteiger partial charge in [-0.1, -0.05) is 78.0 Å². The van der Waals surface area contributed by atoms with Gasteiger partial charge in [-0.2, -0.15) is 5.10 Å². The first-order valence-electron chi connectivity index (χ1n) is 10.3. The maximum absolute atomic E-state index is 12.1. The van der Waals surface area contributed by atoms with Gasteiger partial charge in [0.25, 0.3) is 0 Å². The molecule has 0 aliphatic rings. The van der Waals surface area contributed by atoms with Gasteiger partial charge in [-0.3, -0.25) is 0 Å². The summed E-state index contributed by atoms with van der Waals surface area (Å²) in [6.07, 6.45) is 3.52. The highest BCUT2D eigenvalue weighted by Crippen LogP contribution is 2.19. The number of carbonyl (C=O) groups is 1. The Kier molecular flexibility index (Phi) is 6.36. The Morgan fingerprint density at radius 1 is 0.969 bits per heavy atom. The summed E-state index contributed by atoms with van der Waals surface area (Å²) in [5.74, 6) is 0. The zero-order chi connectivity index (χ0) is 22.3. The van der Waals surface area contributed by atoms with Crippen molar-refractivity contribution in [1.29, 1.82) is 0 Å². The largest absolute Gasteiger partial charge is 0.339 e. The maximum Gasteiger partial charge on any atom is 0.339 e. The number of anilines is 1. The van der Waals surface area contributed by atoms with E-state index in [0.29, 0.717) is 6.54 Å². The van der Waals surface area contributed by atoms with E-state index in [1.165, 1.54) is 5.56 Å². The molecular formula is C25H24N6O. The number of hydrogen-bond donors (Lipinski definition) is 2. The van der Waals surface area contributed by atoms with Crippen LogP contribution < -0.4 is 10.7 Å². The minimum atomic E-state index is -0.384. The van der Waals surface area contributed by atoms with Gasteiger partial charge in [-0.05, 0) is 36.1 Å². The van der Waals surface area contributed by atoms with Gasteiger partial charge in [0.1, 0.15) is 5.69 Å². The number of hydrogen-bond acceptors (Lipinski definition) is 4. The maximum atomic E-state index is 12.1. The van der Waals surface area contributed by atoms with Crippen LogP contribution >= 0.6 is 0 Å². The molecule has 0 atom stereocenters. The molecule has 0 saturated heterocycles. The van der Waals surface area contributed by atoms with Crippen molar-refractivity contribution >= 4 is 17.9 Å². The molecule has 2 N–H and O–H groups in total. The fourth-order valence-corrected chi connectivity index (χ4v) is 3.34. The van der Waals surface area contributed by atoms with Crippen molar-refractivity contribution in [2.75, 3.05) is 5.32 Å². The van der Waals surface area contributed by atoms with Gasteiger partial charge < -0.3 is 5.32 Å². The van der Waals surface area contributed by atoms with Crippen LogP contribution in [0.1, 0.15) is 22.3 Å². The van der Waals surface area contributed by atoms with E-state index in [9.17, 15) is 4.79 Å². The number of aryl methyl sites for hydroxylation is 2. The predicted octanol–water partition coefficient (Wildman–Crippen LogP) is 4.77. The second kappa shape index (κ2) is 9.70. The van der Waals surface area contributed by atoms with E-state index < -0.39 is 0 Å². The van der Waals surface area contributed by atoms with Gasteiger partial charge in [-0.25, -0.2) is 14.9 Å². The molecule has 0 saturated carbocycles. The van der Waals surface area contributed by atoms with Crippen molar-refractivity contribution in [3.05, 3.63) is 101 Å². The normalized spacial score (nSPS) is 10.9. The van der Waals surface area contributed by atoms with E-state index >= 15 is 0 Å². The number of carbonyl (C=O) groups excluding carboxylic acids is 1. The van der Waals surface area contributed by atoms with Crippen LogP contribution in [0.2, 0.25) is 0 Å². The fraction of sp³-hybridized carbons (Fsp3) is 0.120. The van der Waals surface area contributed by atoms with E-state index in [1.807, 2.05) is 85.4 Å². The Labute approximate surface area is 186 Å². The average Bonchev–Trinajstić information content (AvgIpc) is 3.26. The Morgan fingerprint density at radius 3 is 2.41 bits per heavy atom. The summed E-state index contributed by atoms with van der Waals surface area (Å²) in [7, 11) is 0. The van der Waals surface area contributed by atoms with Gasteiger partial charge in [0.05, 0.1) is 19.0 Å². The summed E-state index contributed by atoms with van der Waals surface area (Å²) in [6.45, 7) is 4.58. The van der Waals surface area contributed by atoms with Gasteiger partial charge >= 0.3 is 6.03 Å². The van der Waals surface area contributed by atoms with E-state index in [-0.39, 0.29) is 6.03 Å². The highest BCUT2D eigenvalue weighted by atomic mass is 16.2. The lowest BCUT2D eigenvalue weighted by molar-refractivity contribution is 0.252. The minimum absolute atomic E-state index is 0.384. The van der Waals surface area contributed by atoms with Crippen molar-refractivity contribution in [3.8, 4) is 11.3 Å². The molecule has 7 heteroatoms. The number of nitrogens with zero attached hydrogens (tertiary/aromatic N) is 4. The number of amides is 2. The molecule has 1 heterocycles. The first-order chi connectivity index (χ1) is 15.6. The zero-order valence-corrected chi connectivity index (χ0v) is 18.0. The van der Waals surface area contributed by atoms with Crippen molar-refractivity contribution in [1.82, 2.24) is 20.4 Å². The molecule has 1 aromatic heterocycles. The third-order valence-corrected chi connectivity index (χ3v) is 5.03. The molecule has 0 unspecified atom stereocenters. The number of nitrogens with one attached hydrogen (secondary N) is 2. The molecule has 7 nitrogen and oxygen atoms in total. The smallest absolute Gasteiger partial charge is 0.306 e. The van der Waals surface area contributed by atoms with Crippen molar-refractivity contribution in [3.63, 3.8) is 0 Å². The van der Waals surface area contributed by atoms with Crippen LogP contribution in [0.15, 0.2) is 84.1 Å². The molecule has 2 amide bonds. The lowest BCUT2D eigenvalue weighted by atomic mass is 10.1. The average molecular weight is 425 g/mol. The molecule has 0 spiro atoms. The van der Waals surface area contributed by atoms with Gasteiger partial charge in [-0.15, -0.1) is 5.10 Å². The van der Waals surface area contributed by atoms with Crippen LogP contribution in [0.5, 0.6) is 0 Å². The molecule has 32 heavy (non-hydrogen) atoms. The number of aromatic nitrogens is 3. The van der Waals surface area contributed by atoms with Gasteiger partial charge in [0, 0.05) is 11.3 Å². The van der Waals surface area contributed by atoms with Crippen molar-refractivity contribution < 1.29 is 4.79 Å². The van der Waals surface area contributed by atoms with Crippen molar-refractivity contribution in [2.24, 2.45) is 5.10 Å². The molecule has 160 valence electrons. The van der Waals surface area contributed by atoms with E-state index in [2.05, 4.69) is 38.3 Å². The van der Waals surface area contributed by atoms with Crippen LogP contribution in [-0.2, 0) is 6.54 Å². The summed E-state index contributed by atoms with van der Waals surface area (Å²) < 4.78 is 1.82. The number of para-hydroxylation sites is 1. The molecule has 4 aromatic rings. The summed E-state index contributed by atoms with van der Waals surface area (Å²) in [5.41, 5.74) is 9.09. The highest BCUT2D eigenvalue weighted by Gasteiger charge is 2.06. The molecule has 0 fully saturated rings. The van der Waals surface area contributed by atoms with E-state index in [4.69, 9.17) is 0 Å². The van der Waals surface area contributed by atoms with Crippen LogP contribution in [0.4, 0.5) is 10.5 Å². The molecule has 0 bridgehead atoms. The van der Waals surface area contributed by atoms with Crippen LogP contribution in [0, 0.1) is 13.8 Å². The first kappa shape index (κ1) is 21.0. The van der Waals surface area contributed by atoms with E-state index in [1.54, 1.807) is 6.21 Å². The number of hydrazone groups is 1. The van der Waals surface area contributed by atoms with Gasteiger partial charge in [0.2, 0.25) is 0 Å². The molecular weight excluding hydrogens is 400 g/mol. The summed E-state index contributed by atoms with van der Waals surface area (Å²) in [4.78, 5) is 12.1. The second-order valence-corrected chi connectivity index (χ2v) is 7.50. The first-order valence-corrected chi connectivity index (χ1v) is 10.3. The summed E-state index contributed by atoms with van der Waals surface area (Å²) in [5, 5.41) is 15.3. The molecule has 0 aliphatic carbocycles.